The number of aryl methyl sites for hydroxylation is 2. The molecule has 1 aromatic heterocycles. The van der Waals surface area contributed by atoms with E-state index in [9.17, 15) is 4.79 Å². The molecule has 0 aliphatic carbocycles. The number of benzene rings is 1. The quantitative estimate of drug-likeness (QED) is 0.928. The maximum atomic E-state index is 13.1. The van der Waals surface area contributed by atoms with Gasteiger partial charge in [-0.25, -0.2) is 0 Å². The molecule has 1 saturated heterocycles. The zero-order valence-electron chi connectivity index (χ0n) is 13.0. The van der Waals surface area contributed by atoms with Crippen molar-refractivity contribution < 1.29 is 9.53 Å². The van der Waals surface area contributed by atoms with Gasteiger partial charge in [0.2, 0.25) is 5.91 Å². The molecule has 0 spiro atoms. The van der Waals surface area contributed by atoms with E-state index in [1.54, 1.807) is 11.3 Å². The van der Waals surface area contributed by atoms with Crippen LogP contribution in [0.25, 0.3) is 0 Å². The fourth-order valence-corrected chi connectivity index (χ4v) is 4.04. The summed E-state index contributed by atoms with van der Waals surface area (Å²) < 4.78 is 5.49. The van der Waals surface area contributed by atoms with Gasteiger partial charge in [0.25, 0.3) is 0 Å². The van der Waals surface area contributed by atoms with Gasteiger partial charge in [0.15, 0.2) is 0 Å². The summed E-state index contributed by atoms with van der Waals surface area (Å²) >= 11 is 1.66. The molecule has 1 fully saturated rings. The van der Waals surface area contributed by atoms with Crippen molar-refractivity contribution in [3.05, 3.63) is 51.7 Å². The fourth-order valence-electron chi connectivity index (χ4n) is 3.05. The van der Waals surface area contributed by atoms with E-state index in [4.69, 9.17) is 4.74 Å². The van der Waals surface area contributed by atoms with Gasteiger partial charge in [-0.2, -0.15) is 0 Å². The van der Waals surface area contributed by atoms with Crippen LogP contribution in [0.2, 0.25) is 0 Å². The Labute approximate surface area is 135 Å². The highest BCUT2D eigenvalue weighted by Gasteiger charge is 2.42. The SMILES string of the molecule is Cc1ccc(NC(=O)C2(c3cccs3)CCOCC2)c(C)c1. The molecular weight excluding hydrogens is 294 g/mol. The Balaban J connectivity index is 1.90. The Morgan fingerprint density at radius 3 is 2.64 bits per heavy atom. The first-order valence-corrected chi connectivity index (χ1v) is 8.50. The first-order chi connectivity index (χ1) is 10.6. The van der Waals surface area contributed by atoms with Gasteiger partial charge in [0.05, 0.1) is 5.41 Å². The molecule has 4 heteroatoms. The van der Waals surface area contributed by atoms with E-state index in [2.05, 4.69) is 24.4 Å². The van der Waals surface area contributed by atoms with Crippen LogP contribution in [0.3, 0.4) is 0 Å². The normalized spacial score (nSPS) is 17.2. The topological polar surface area (TPSA) is 38.3 Å². The monoisotopic (exact) mass is 315 g/mol. The Morgan fingerprint density at radius 1 is 1.23 bits per heavy atom. The lowest BCUT2D eigenvalue weighted by Crippen LogP contribution is -2.44. The predicted octanol–water partition coefficient (Wildman–Crippen LogP) is 4.05. The van der Waals surface area contributed by atoms with Gasteiger partial charge in [-0.3, -0.25) is 4.79 Å². The van der Waals surface area contributed by atoms with Crippen LogP contribution in [0, 0.1) is 13.8 Å². The number of thiophene rings is 1. The van der Waals surface area contributed by atoms with E-state index in [1.807, 2.05) is 30.5 Å². The van der Waals surface area contributed by atoms with Crippen molar-refractivity contribution >= 4 is 22.9 Å². The molecule has 22 heavy (non-hydrogen) atoms. The second-order valence-corrected chi connectivity index (χ2v) is 6.89. The number of ether oxygens (including phenoxy) is 1. The molecule has 0 unspecified atom stereocenters. The molecule has 0 radical (unpaired) electrons. The average molecular weight is 315 g/mol. The number of amides is 1. The van der Waals surface area contributed by atoms with E-state index in [0.29, 0.717) is 13.2 Å². The van der Waals surface area contributed by atoms with Crippen molar-refractivity contribution in [1.82, 2.24) is 0 Å². The third-order valence-corrected chi connectivity index (χ3v) is 5.48. The zero-order chi connectivity index (χ0) is 15.6. The number of carbonyl (C=O) groups is 1. The highest BCUT2D eigenvalue weighted by atomic mass is 32.1. The molecule has 1 aliphatic rings. The second kappa shape index (κ2) is 6.23. The molecule has 3 rings (SSSR count). The number of carbonyl (C=O) groups excluding carboxylic acids is 1. The van der Waals surface area contributed by atoms with Gasteiger partial charge in [-0.05, 0) is 49.8 Å². The Kier molecular flexibility index (Phi) is 4.32. The van der Waals surface area contributed by atoms with Crippen LogP contribution in [-0.2, 0) is 14.9 Å². The molecule has 1 aliphatic heterocycles. The number of anilines is 1. The van der Waals surface area contributed by atoms with Crippen LogP contribution in [0.4, 0.5) is 5.69 Å². The Morgan fingerprint density at radius 2 is 2.00 bits per heavy atom. The summed E-state index contributed by atoms with van der Waals surface area (Å²) in [5.74, 6) is 0.0882. The van der Waals surface area contributed by atoms with E-state index in [0.717, 1.165) is 29.0 Å². The van der Waals surface area contributed by atoms with Gasteiger partial charge in [-0.15, -0.1) is 11.3 Å². The highest BCUT2D eigenvalue weighted by Crippen LogP contribution is 2.38. The van der Waals surface area contributed by atoms with Crippen LogP contribution in [0.1, 0.15) is 28.8 Å². The van der Waals surface area contributed by atoms with Crippen LogP contribution < -0.4 is 5.32 Å². The minimum atomic E-state index is -0.455. The zero-order valence-corrected chi connectivity index (χ0v) is 13.8. The first kappa shape index (κ1) is 15.3. The van der Waals surface area contributed by atoms with Crippen molar-refractivity contribution in [1.29, 1.82) is 0 Å². The van der Waals surface area contributed by atoms with E-state index < -0.39 is 5.41 Å². The summed E-state index contributed by atoms with van der Waals surface area (Å²) in [5.41, 5.74) is 2.75. The molecule has 1 aromatic carbocycles. The van der Waals surface area contributed by atoms with Gasteiger partial charge in [-0.1, -0.05) is 23.8 Å². The highest BCUT2D eigenvalue weighted by molar-refractivity contribution is 7.10. The maximum absolute atomic E-state index is 13.1. The molecule has 2 heterocycles. The minimum absolute atomic E-state index is 0.0882. The van der Waals surface area contributed by atoms with Gasteiger partial charge >= 0.3 is 0 Å². The van der Waals surface area contributed by atoms with Crippen LogP contribution >= 0.6 is 11.3 Å². The van der Waals surface area contributed by atoms with Gasteiger partial charge < -0.3 is 10.1 Å². The van der Waals surface area contributed by atoms with Crippen molar-refractivity contribution in [2.24, 2.45) is 0 Å². The van der Waals surface area contributed by atoms with Crippen molar-refractivity contribution in [2.45, 2.75) is 32.1 Å². The summed E-state index contributed by atoms with van der Waals surface area (Å²) in [5, 5.41) is 5.19. The lowest BCUT2D eigenvalue weighted by Gasteiger charge is -2.35. The van der Waals surface area contributed by atoms with Crippen LogP contribution in [0.15, 0.2) is 35.7 Å². The maximum Gasteiger partial charge on any atom is 0.236 e. The fraction of sp³-hybridized carbons (Fsp3) is 0.389. The van der Waals surface area contributed by atoms with E-state index in [1.165, 1.54) is 5.56 Å². The summed E-state index contributed by atoms with van der Waals surface area (Å²) in [7, 11) is 0. The predicted molar refractivity (Wildman–Crippen MR) is 90.6 cm³/mol. The Hall–Kier alpha value is -1.65. The Bertz CT molecular complexity index is 658. The smallest absolute Gasteiger partial charge is 0.236 e. The third-order valence-electron chi connectivity index (χ3n) is 4.40. The lowest BCUT2D eigenvalue weighted by atomic mass is 9.77. The van der Waals surface area contributed by atoms with Crippen molar-refractivity contribution in [3.8, 4) is 0 Å². The molecule has 2 aromatic rings. The average Bonchev–Trinajstić information content (AvgIpc) is 3.05. The van der Waals surface area contributed by atoms with Crippen molar-refractivity contribution in [3.63, 3.8) is 0 Å². The molecule has 116 valence electrons. The van der Waals surface area contributed by atoms with Crippen molar-refractivity contribution in [2.75, 3.05) is 18.5 Å². The molecular formula is C18H21NO2S. The lowest BCUT2D eigenvalue weighted by molar-refractivity contribution is -0.125. The molecule has 1 N–H and O–H groups in total. The largest absolute Gasteiger partial charge is 0.381 e. The first-order valence-electron chi connectivity index (χ1n) is 7.62. The molecule has 0 bridgehead atoms. The van der Waals surface area contributed by atoms with Crippen LogP contribution in [-0.4, -0.2) is 19.1 Å². The minimum Gasteiger partial charge on any atom is -0.381 e. The number of hydrogen-bond acceptors (Lipinski definition) is 3. The summed E-state index contributed by atoms with van der Waals surface area (Å²) in [6.07, 6.45) is 1.48. The standard InChI is InChI=1S/C18H21NO2S/c1-13-5-6-15(14(2)12-13)19-17(20)18(7-9-21-10-8-18)16-4-3-11-22-16/h3-6,11-12H,7-10H2,1-2H3,(H,19,20). The second-order valence-electron chi connectivity index (χ2n) is 5.94. The summed E-state index contributed by atoms with van der Waals surface area (Å²) in [6, 6.07) is 10.2. The summed E-state index contributed by atoms with van der Waals surface area (Å²) in [4.78, 5) is 14.2. The van der Waals surface area contributed by atoms with Crippen LogP contribution in [0.5, 0.6) is 0 Å². The number of nitrogens with one attached hydrogen (secondary N) is 1. The summed E-state index contributed by atoms with van der Waals surface area (Å²) in [6.45, 7) is 5.37. The molecule has 1 amide bonds. The number of rotatable bonds is 3. The molecule has 3 nitrogen and oxygen atoms in total. The van der Waals surface area contributed by atoms with E-state index in [-0.39, 0.29) is 5.91 Å². The molecule has 0 atom stereocenters. The number of hydrogen-bond donors (Lipinski definition) is 1. The van der Waals surface area contributed by atoms with Gasteiger partial charge in [0, 0.05) is 23.8 Å². The van der Waals surface area contributed by atoms with E-state index >= 15 is 0 Å². The molecule has 0 saturated carbocycles. The van der Waals surface area contributed by atoms with Gasteiger partial charge in [0.1, 0.15) is 0 Å². The third kappa shape index (κ3) is 2.81.